The van der Waals surface area contributed by atoms with Crippen LogP contribution in [0.5, 0.6) is 0 Å². The van der Waals surface area contributed by atoms with Crippen molar-refractivity contribution in [1.82, 2.24) is 20.1 Å². The molecule has 0 atom stereocenters. The van der Waals surface area contributed by atoms with Crippen molar-refractivity contribution >= 4 is 17.5 Å². The van der Waals surface area contributed by atoms with Crippen molar-refractivity contribution in [2.24, 2.45) is 0 Å². The van der Waals surface area contributed by atoms with Gasteiger partial charge < -0.3 is 5.32 Å². The average molecular weight is 399 g/mol. The lowest BCUT2D eigenvalue weighted by Crippen LogP contribution is -2.30. The lowest BCUT2D eigenvalue weighted by atomic mass is 10.1. The molecule has 8 heteroatoms. The molecule has 0 aliphatic heterocycles. The third-order valence-electron chi connectivity index (χ3n) is 4.16. The zero-order valence-corrected chi connectivity index (χ0v) is 16.0. The van der Waals surface area contributed by atoms with Crippen molar-refractivity contribution in [2.75, 3.05) is 6.54 Å². The number of rotatable bonds is 6. The van der Waals surface area contributed by atoms with Crippen molar-refractivity contribution in [3.8, 4) is 5.69 Å². The van der Waals surface area contributed by atoms with Crippen LogP contribution in [-0.2, 0) is 6.42 Å². The summed E-state index contributed by atoms with van der Waals surface area (Å²) in [5.74, 6) is -0.339. The van der Waals surface area contributed by atoms with Crippen molar-refractivity contribution in [3.63, 3.8) is 0 Å². The number of aromatic amines is 1. The number of nitrogens with zero attached hydrogens (tertiary/aromatic N) is 2. The molecule has 0 saturated heterocycles. The molecule has 1 aromatic heterocycles. The highest BCUT2D eigenvalue weighted by Gasteiger charge is 2.13. The number of hydrogen-bond acceptors (Lipinski definition) is 4. The third-order valence-corrected chi connectivity index (χ3v) is 4.49. The topological polar surface area (TPSA) is 96.8 Å². The van der Waals surface area contributed by atoms with E-state index in [9.17, 15) is 14.4 Å². The van der Waals surface area contributed by atoms with Gasteiger partial charge in [-0.3, -0.25) is 14.6 Å². The molecule has 2 aromatic carbocycles. The van der Waals surface area contributed by atoms with Gasteiger partial charge >= 0.3 is 5.69 Å². The first-order chi connectivity index (χ1) is 13.4. The Kier molecular flexibility index (Phi) is 6.06. The van der Waals surface area contributed by atoms with Crippen molar-refractivity contribution in [3.05, 3.63) is 91.2 Å². The summed E-state index contributed by atoms with van der Waals surface area (Å²) in [5.41, 5.74) is 1.69. The number of carbonyl (C=O) groups is 1. The average Bonchev–Trinajstić information content (AvgIpc) is 2.66. The molecule has 144 valence electrons. The Hall–Kier alpha value is -3.19. The van der Waals surface area contributed by atoms with Gasteiger partial charge in [-0.1, -0.05) is 41.4 Å². The monoisotopic (exact) mass is 398 g/mol. The predicted octanol–water partition coefficient (Wildman–Crippen LogP) is 2.25. The standard InChI is InChI=1S/C20H19ClN4O3/c1-13-4-2-5-14(10-13)6-3-9-22-19(27)16-11-15(7-8-17(16)21)25-20(28)24-18(26)12-23-25/h2,4-5,7-8,10-12H,3,6,9H2,1H3,(H,22,27)(H,24,26,28). The molecular formula is C20H19ClN4O3. The minimum atomic E-state index is -0.695. The van der Waals surface area contributed by atoms with Gasteiger partial charge in [-0.05, 0) is 43.5 Å². The lowest BCUT2D eigenvalue weighted by Gasteiger charge is -2.10. The van der Waals surface area contributed by atoms with E-state index >= 15 is 0 Å². The number of carbonyl (C=O) groups excluding carboxylic acids is 1. The fourth-order valence-electron chi connectivity index (χ4n) is 2.81. The SMILES string of the molecule is Cc1cccc(CCCNC(=O)c2cc(-n3ncc(=O)[nH]c3=O)ccc2Cl)c1. The van der Waals surface area contributed by atoms with Crippen LogP contribution < -0.4 is 16.6 Å². The van der Waals surface area contributed by atoms with Crippen LogP contribution in [0.15, 0.2) is 58.3 Å². The number of benzene rings is 2. The first-order valence-corrected chi connectivity index (χ1v) is 9.14. The van der Waals surface area contributed by atoms with Gasteiger partial charge in [0.25, 0.3) is 11.5 Å². The zero-order chi connectivity index (χ0) is 20.1. The van der Waals surface area contributed by atoms with Gasteiger partial charge in [-0.25, -0.2) is 4.79 Å². The highest BCUT2D eigenvalue weighted by Crippen LogP contribution is 2.19. The summed E-state index contributed by atoms with van der Waals surface area (Å²) in [6, 6.07) is 12.8. The lowest BCUT2D eigenvalue weighted by molar-refractivity contribution is 0.0953. The summed E-state index contributed by atoms with van der Waals surface area (Å²) in [4.78, 5) is 37.7. The maximum Gasteiger partial charge on any atom is 0.349 e. The summed E-state index contributed by atoms with van der Waals surface area (Å²) in [5, 5.41) is 6.88. The summed E-state index contributed by atoms with van der Waals surface area (Å²) in [6.45, 7) is 2.53. The smallest absolute Gasteiger partial charge is 0.349 e. The van der Waals surface area contributed by atoms with E-state index in [1.54, 1.807) is 6.07 Å². The summed E-state index contributed by atoms with van der Waals surface area (Å²) < 4.78 is 0.992. The Bertz CT molecular complexity index is 1120. The van der Waals surface area contributed by atoms with E-state index in [2.05, 4.69) is 27.5 Å². The van der Waals surface area contributed by atoms with Crippen LogP contribution in [0.2, 0.25) is 5.02 Å². The molecule has 0 unspecified atom stereocenters. The largest absolute Gasteiger partial charge is 0.352 e. The number of hydrogen-bond donors (Lipinski definition) is 2. The Morgan fingerprint density at radius 1 is 1.21 bits per heavy atom. The van der Waals surface area contributed by atoms with Gasteiger partial charge in [0.15, 0.2) is 0 Å². The van der Waals surface area contributed by atoms with Crippen LogP contribution in [0, 0.1) is 6.92 Å². The van der Waals surface area contributed by atoms with Crippen LogP contribution in [0.1, 0.15) is 27.9 Å². The quantitative estimate of drug-likeness (QED) is 0.622. The van der Waals surface area contributed by atoms with E-state index in [0.29, 0.717) is 12.2 Å². The second-order valence-electron chi connectivity index (χ2n) is 6.36. The molecule has 0 aliphatic rings. The van der Waals surface area contributed by atoms with E-state index in [1.807, 2.05) is 19.1 Å². The minimum Gasteiger partial charge on any atom is -0.352 e. The molecule has 0 bridgehead atoms. The predicted molar refractivity (Wildman–Crippen MR) is 107 cm³/mol. The molecule has 0 fully saturated rings. The van der Waals surface area contributed by atoms with E-state index in [1.165, 1.54) is 23.3 Å². The molecule has 0 radical (unpaired) electrons. The normalized spacial score (nSPS) is 10.6. The highest BCUT2D eigenvalue weighted by molar-refractivity contribution is 6.33. The fraction of sp³-hybridized carbons (Fsp3) is 0.200. The molecule has 0 spiro atoms. The van der Waals surface area contributed by atoms with Crippen molar-refractivity contribution in [2.45, 2.75) is 19.8 Å². The Morgan fingerprint density at radius 3 is 2.79 bits per heavy atom. The maximum atomic E-state index is 12.5. The van der Waals surface area contributed by atoms with E-state index in [0.717, 1.165) is 23.7 Å². The second kappa shape index (κ2) is 8.67. The maximum absolute atomic E-state index is 12.5. The Balaban J connectivity index is 1.68. The molecule has 1 amide bonds. The summed E-state index contributed by atoms with van der Waals surface area (Å²) in [7, 11) is 0. The van der Waals surface area contributed by atoms with Gasteiger partial charge in [0.2, 0.25) is 0 Å². The van der Waals surface area contributed by atoms with Crippen molar-refractivity contribution < 1.29 is 4.79 Å². The third kappa shape index (κ3) is 4.75. The molecule has 7 nitrogen and oxygen atoms in total. The molecule has 28 heavy (non-hydrogen) atoms. The fourth-order valence-corrected chi connectivity index (χ4v) is 3.02. The van der Waals surface area contributed by atoms with Crippen molar-refractivity contribution in [1.29, 1.82) is 0 Å². The summed E-state index contributed by atoms with van der Waals surface area (Å²) >= 11 is 6.14. The van der Waals surface area contributed by atoms with E-state index in [-0.39, 0.29) is 16.5 Å². The molecular weight excluding hydrogens is 380 g/mol. The van der Waals surface area contributed by atoms with Gasteiger partial charge in [0.05, 0.1) is 16.3 Å². The van der Waals surface area contributed by atoms with Crippen LogP contribution in [0.4, 0.5) is 0 Å². The van der Waals surface area contributed by atoms with Gasteiger partial charge in [0.1, 0.15) is 6.20 Å². The molecule has 0 aliphatic carbocycles. The first kappa shape index (κ1) is 19.6. The zero-order valence-electron chi connectivity index (χ0n) is 15.2. The Labute approximate surface area is 166 Å². The van der Waals surface area contributed by atoms with Gasteiger partial charge in [0, 0.05) is 6.54 Å². The Morgan fingerprint density at radius 2 is 2.04 bits per heavy atom. The number of aryl methyl sites for hydroxylation is 2. The molecule has 3 aromatic rings. The molecule has 1 heterocycles. The first-order valence-electron chi connectivity index (χ1n) is 8.76. The van der Waals surface area contributed by atoms with Crippen LogP contribution in [0.3, 0.4) is 0 Å². The second-order valence-corrected chi connectivity index (χ2v) is 6.77. The number of nitrogens with one attached hydrogen (secondary N) is 2. The molecule has 0 saturated carbocycles. The molecule has 2 N–H and O–H groups in total. The molecule has 3 rings (SSSR count). The van der Waals surface area contributed by atoms with Gasteiger partial charge in [-0.15, -0.1) is 0 Å². The van der Waals surface area contributed by atoms with E-state index in [4.69, 9.17) is 11.6 Å². The van der Waals surface area contributed by atoms with Crippen LogP contribution >= 0.6 is 11.6 Å². The van der Waals surface area contributed by atoms with E-state index < -0.39 is 11.2 Å². The minimum absolute atomic E-state index is 0.231. The number of halogens is 1. The highest BCUT2D eigenvalue weighted by atomic mass is 35.5. The summed E-state index contributed by atoms with van der Waals surface area (Å²) in [6.07, 6.45) is 2.63. The van der Waals surface area contributed by atoms with Crippen LogP contribution in [0.25, 0.3) is 5.69 Å². The number of amides is 1. The number of H-pyrrole nitrogens is 1. The number of aromatic nitrogens is 3. The van der Waals surface area contributed by atoms with Crippen LogP contribution in [-0.4, -0.2) is 27.2 Å². The van der Waals surface area contributed by atoms with Gasteiger partial charge in [-0.2, -0.15) is 9.78 Å².